The van der Waals surface area contributed by atoms with Crippen molar-refractivity contribution in [2.45, 2.75) is 24.0 Å². The van der Waals surface area contributed by atoms with E-state index in [-0.39, 0.29) is 27.4 Å². The predicted octanol–water partition coefficient (Wildman–Crippen LogP) is 4.38. The van der Waals surface area contributed by atoms with Crippen LogP contribution in [0.2, 0.25) is 5.02 Å². The van der Waals surface area contributed by atoms with E-state index in [1.54, 1.807) is 6.08 Å². The molecule has 1 N–H and O–H groups in total. The number of thioether (sulfide) groups is 1. The van der Waals surface area contributed by atoms with Gasteiger partial charge in [-0.1, -0.05) is 11.6 Å². The molecular formula is C21H14ClF4N5O3S. The van der Waals surface area contributed by atoms with E-state index in [1.165, 1.54) is 25.6 Å². The Bertz CT molecular complexity index is 1410. The number of methoxy groups -OCH3 is 1. The van der Waals surface area contributed by atoms with Crippen LogP contribution in [-0.2, 0) is 11.3 Å². The molecule has 3 aromatic rings. The van der Waals surface area contributed by atoms with Crippen LogP contribution in [-0.4, -0.2) is 51.3 Å². The lowest BCUT2D eigenvalue weighted by molar-refractivity contribution is -0.141. The van der Waals surface area contributed by atoms with Crippen molar-refractivity contribution in [1.29, 1.82) is 0 Å². The van der Waals surface area contributed by atoms with Crippen LogP contribution in [0.15, 0.2) is 36.8 Å². The molecule has 3 amide bonds. The van der Waals surface area contributed by atoms with Crippen LogP contribution in [0.4, 0.5) is 28.0 Å². The maximum absolute atomic E-state index is 14.0. The molecule has 2 atom stereocenters. The summed E-state index contributed by atoms with van der Waals surface area (Å²) in [5.74, 6) is -1.36. The van der Waals surface area contributed by atoms with E-state index in [0.29, 0.717) is 15.2 Å². The summed E-state index contributed by atoms with van der Waals surface area (Å²) in [6.45, 7) is -1.41. The average Bonchev–Trinajstić information content (AvgIpc) is 3.38. The van der Waals surface area contributed by atoms with Gasteiger partial charge in [-0.05, 0) is 18.2 Å². The number of pyridine rings is 1. The molecule has 2 unspecified atom stereocenters. The van der Waals surface area contributed by atoms with Crippen LogP contribution in [0.25, 0.3) is 15.8 Å². The van der Waals surface area contributed by atoms with E-state index < -0.39 is 41.8 Å². The number of hydrogen-bond donors (Lipinski definition) is 1. The molecule has 0 spiro atoms. The first-order valence-corrected chi connectivity index (χ1v) is 11.3. The van der Waals surface area contributed by atoms with Crippen LogP contribution >= 0.6 is 23.4 Å². The summed E-state index contributed by atoms with van der Waals surface area (Å²) in [4.78, 5) is 31.6. The largest absolute Gasteiger partial charge is 0.494 e. The van der Waals surface area contributed by atoms with E-state index in [1.807, 2.05) is 0 Å². The Balaban J connectivity index is 1.50. The fourth-order valence-electron chi connectivity index (χ4n) is 3.99. The Kier molecular flexibility index (Phi) is 5.63. The normalized spacial score (nSPS) is 20.2. The highest BCUT2D eigenvalue weighted by atomic mass is 35.5. The van der Waals surface area contributed by atoms with Gasteiger partial charge in [0.25, 0.3) is 5.91 Å². The number of halogens is 5. The van der Waals surface area contributed by atoms with Gasteiger partial charge in [0.1, 0.15) is 11.8 Å². The smallest absolute Gasteiger partial charge is 0.408 e. The first-order chi connectivity index (χ1) is 16.6. The summed E-state index contributed by atoms with van der Waals surface area (Å²) in [6, 6.07) is 0.926. The van der Waals surface area contributed by atoms with Gasteiger partial charge >= 0.3 is 12.2 Å². The van der Waals surface area contributed by atoms with Gasteiger partial charge in [-0.2, -0.15) is 18.3 Å². The lowest BCUT2D eigenvalue weighted by Gasteiger charge is -2.33. The number of carbonyl (C=O) groups excluding carboxylic acids is 2. The Morgan fingerprint density at radius 2 is 2.00 bits per heavy atom. The number of nitrogens with zero attached hydrogens (tertiary/aromatic N) is 4. The number of alkyl halides is 3. The first-order valence-electron chi connectivity index (χ1n) is 10.00. The van der Waals surface area contributed by atoms with E-state index in [9.17, 15) is 27.2 Å². The number of nitrogens with one attached hydrogen (secondary N) is 1. The van der Waals surface area contributed by atoms with Gasteiger partial charge in [-0.15, -0.1) is 11.8 Å². The van der Waals surface area contributed by atoms with Crippen molar-refractivity contribution in [2.24, 2.45) is 0 Å². The Morgan fingerprint density at radius 3 is 2.71 bits per heavy atom. The van der Waals surface area contributed by atoms with Crippen LogP contribution in [0, 0.1) is 5.82 Å². The van der Waals surface area contributed by atoms with Gasteiger partial charge in [0.15, 0.2) is 11.6 Å². The molecule has 1 saturated heterocycles. The molecule has 182 valence electrons. The van der Waals surface area contributed by atoms with Crippen molar-refractivity contribution in [3.63, 3.8) is 0 Å². The van der Waals surface area contributed by atoms with Gasteiger partial charge < -0.3 is 10.1 Å². The number of amides is 3. The van der Waals surface area contributed by atoms with Crippen molar-refractivity contribution >= 4 is 56.8 Å². The van der Waals surface area contributed by atoms with Crippen LogP contribution < -0.4 is 15.0 Å². The van der Waals surface area contributed by atoms with E-state index >= 15 is 0 Å². The number of aromatic nitrogens is 3. The Morgan fingerprint density at radius 1 is 1.23 bits per heavy atom. The number of anilines is 1. The molecule has 0 radical (unpaired) electrons. The highest BCUT2D eigenvalue weighted by molar-refractivity contribution is 8.09. The third kappa shape index (κ3) is 4.08. The summed E-state index contributed by atoms with van der Waals surface area (Å²) in [5.41, 5.74) is 0.229. The minimum atomic E-state index is -4.58. The number of ether oxygens (including phenoxy) is 1. The lowest BCUT2D eigenvalue weighted by Crippen LogP contribution is -2.60. The minimum absolute atomic E-state index is 0.0477. The third-order valence-electron chi connectivity index (χ3n) is 5.47. The molecular weight excluding hydrogens is 514 g/mol. The molecule has 14 heteroatoms. The topological polar surface area (TPSA) is 89.3 Å². The number of benzene rings is 1. The molecule has 8 nitrogen and oxygen atoms in total. The van der Waals surface area contributed by atoms with Gasteiger partial charge in [-0.25, -0.2) is 14.1 Å². The Labute approximate surface area is 203 Å². The van der Waals surface area contributed by atoms with Crippen LogP contribution in [0.1, 0.15) is 5.56 Å². The second-order valence-electron chi connectivity index (χ2n) is 7.70. The van der Waals surface area contributed by atoms with Gasteiger partial charge in [0.2, 0.25) is 0 Å². The van der Waals surface area contributed by atoms with Crippen molar-refractivity contribution in [2.75, 3.05) is 12.0 Å². The minimum Gasteiger partial charge on any atom is -0.494 e. The SMILES string of the molecule is COc1cc(C2=CC3NC(=O)N(c4cncc5cnn(CC(F)(F)F)c45)C(=O)C3S2)c(Cl)cc1F. The molecule has 0 aliphatic carbocycles. The summed E-state index contributed by atoms with van der Waals surface area (Å²) < 4.78 is 58.9. The quantitative estimate of drug-likeness (QED) is 0.507. The molecule has 5 rings (SSSR count). The van der Waals surface area contributed by atoms with Gasteiger partial charge in [0, 0.05) is 22.1 Å². The number of hydrogen-bond acceptors (Lipinski definition) is 6. The first kappa shape index (κ1) is 23.4. The molecule has 1 fully saturated rings. The molecule has 0 saturated carbocycles. The number of urea groups is 1. The van der Waals surface area contributed by atoms with E-state index in [0.717, 1.165) is 28.9 Å². The summed E-state index contributed by atoms with van der Waals surface area (Å²) >= 11 is 7.29. The second kappa shape index (κ2) is 8.41. The fraction of sp³-hybridized carbons (Fsp3) is 0.238. The summed E-state index contributed by atoms with van der Waals surface area (Å²) in [6.07, 6.45) is 0.662. The number of carbonyl (C=O) groups is 2. The monoisotopic (exact) mass is 527 g/mol. The zero-order valence-electron chi connectivity index (χ0n) is 17.6. The zero-order valence-corrected chi connectivity index (χ0v) is 19.2. The van der Waals surface area contributed by atoms with Crippen molar-refractivity contribution in [3.05, 3.63) is 53.2 Å². The van der Waals surface area contributed by atoms with Crippen LogP contribution in [0.3, 0.4) is 0 Å². The number of rotatable bonds is 4. The van der Waals surface area contributed by atoms with Crippen molar-refractivity contribution in [1.82, 2.24) is 20.1 Å². The molecule has 0 bridgehead atoms. The molecule has 35 heavy (non-hydrogen) atoms. The number of fused-ring (bicyclic) bond motifs is 2. The van der Waals surface area contributed by atoms with E-state index in [2.05, 4.69) is 15.4 Å². The number of imide groups is 1. The maximum Gasteiger partial charge on any atom is 0.408 e. The molecule has 1 aromatic carbocycles. The average molecular weight is 528 g/mol. The second-order valence-corrected chi connectivity index (χ2v) is 9.29. The van der Waals surface area contributed by atoms with Crippen LogP contribution in [0.5, 0.6) is 5.75 Å². The van der Waals surface area contributed by atoms with Gasteiger partial charge in [-0.3, -0.25) is 14.5 Å². The molecule has 2 aliphatic heterocycles. The highest BCUT2D eigenvalue weighted by Gasteiger charge is 2.46. The predicted molar refractivity (Wildman–Crippen MR) is 121 cm³/mol. The summed E-state index contributed by atoms with van der Waals surface area (Å²) in [5, 5.41) is 5.91. The molecule has 2 aromatic heterocycles. The van der Waals surface area contributed by atoms with E-state index in [4.69, 9.17) is 16.3 Å². The van der Waals surface area contributed by atoms with Gasteiger partial charge in [0.05, 0.1) is 41.8 Å². The maximum atomic E-state index is 14.0. The molecule has 2 aliphatic rings. The third-order valence-corrected chi connectivity index (χ3v) is 7.14. The summed E-state index contributed by atoms with van der Waals surface area (Å²) in [7, 11) is 1.30. The standard InChI is InChI=1S/C21H14ClF4N5O3S/c1-34-15-2-10(11(22)3-12(15)23)16-4-13-18(35-16)19(32)31(20(33)29-13)14-7-27-5-9-6-28-30(17(9)14)8-21(24,25)26/h2-7,13,18H,8H2,1H3,(H,29,33). The highest BCUT2D eigenvalue weighted by Crippen LogP contribution is 2.46. The van der Waals surface area contributed by atoms with Crippen molar-refractivity contribution in [3.8, 4) is 5.75 Å². The Hall–Kier alpha value is -3.32. The molecule has 4 heterocycles. The zero-order chi connectivity index (χ0) is 25.1. The lowest BCUT2D eigenvalue weighted by atomic mass is 10.1. The fourth-order valence-corrected chi connectivity index (χ4v) is 5.59. The van der Waals surface area contributed by atoms with Crippen molar-refractivity contribution < 1.29 is 31.9 Å².